The van der Waals surface area contributed by atoms with Crippen LogP contribution in [0.25, 0.3) is 0 Å². The van der Waals surface area contributed by atoms with Crippen LogP contribution in [0.5, 0.6) is 0 Å². The second-order valence-electron chi connectivity index (χ2n) is 3.83. The molecule has 0 aromatic carbocycles. The van der Waals surface area contributed by atoms with Gasteiger partial charge in [-0.3, -0.25) is 14.3 Å². The number of carboxylic acids is 1. The molecular formula is C11H17N3O3. The molecule has 1 unspecified atom stereocenters. The largest absolute Gasteiger partial charge is 0.481 e. The zero-order chi connectivity index (χ0) is 12.8. The Balaban J connectivity index is 2.90. The van der Waals surface area contributed by atoms with Gasteiger partial charge in [0.15, 0.2) is 0 Å². The summed E-state index contributed by atoms with van der Waals surface area (Å²) >= 11 is 0. The Morgan fingerprint density at radius 2 is 2.29 bits per heavy atom. The molecule has 6 heteroatoms. The van der Waals surface area contributed by atoms with E-state index in [1.54, 1.807) is 16.9 Å². The van der Waals surface area contributed by atoms with Gasteiger partial charge in [-0.2, -0.15) is 5.10 Å². The van der Waals surface area contributed by atoms with Crippen molar-refractivity contribution in [1.82, 2.24) is 15.1 Å². The Labute approximate surface area is 99.6 Å². The number of aryl methyl sites for hydroxylation is 1. The highest BCUT2D eigenvalue weighted by Gasteiger charge is 2.20. The average Bonchev–Trinajstić information content (AvgIpc) is 2.64. The highest BCUT2D eigenvalue weighted by atomic mass is 16.4. The maximum atomic E-state index is 11.1. The first kappa shape index (κ1) is 13.2. The van der Waals surface area contributed by atoms with Crippen molar-refractivity contribution < 1.29 is 14.7 Å². The zero-order valence-electron chi connectivity index (χ0n) is 10.0. The van der Waals surface area contributed by atoms with Crippen LogP contribution in [0.1, 0.15) is 38.4 Å². The highest BCUT2D eigenvalue weighted by Crippen LogP contribution is 2.16. The van der Waals surface area contributed by atoms with E-state index >= 15 is 0 Å². The summed E-state index contributed by atoms with van der Waals surface area (Å²) in [5.41, 5.74) is 0.726. The van der Waals surface area contributed by atoms with Gasteiger partial charge in [0.05, 0.1) is 18.2 Å². The van der Waals surface area contributed by atoms with E-state index in [0.717, 1.165) is 12.1 Å². The lowest BCUT2D eigenvalue weighted by molar-refractivity contribution is -0.137. The molecule has 0 aliphatic rings. The van der Waals surface area contributed by atoms with Crippen molar-refractivity contribution >= 4 is 11.9 Å². The molecule has 0 spiro atoms. The molecule has 94 valence electrons. The van der Waals surface area contributed by atoms with Gasteiger partial charge >= 0.3 is 5.97 Å². The van der Waals surface area contributed by atoms with Gasteiger partial charge in [-0.1, -0.05) is 6.92 Å². The van der Waals surface area contributed by atoms with Gasteiger partial charge in [-0.25, -0.2) is 0 Å². The number of aliphatic carboxylic acids is 1. The number of carbonyl (C=O) groups excluding carboxylic acids is 1. The Hall–Kier alpha value is -1.85. The molecule has 6 nitrogen and oxygen atoms in total. The molecule has 1 aromatic heterocycles. The molecule has 1 rings (SSSR count). The molecule has 0 aliphatic heterocycles. The van der Waals surface area contributed by atoms with E-state index < -0.39 is 12.0 Å². The number of hydrogen-bond donors (Lipinski definition) is 2. The SMILES string of the molecule is CCCn1nccc1C(CC(=O)O)NC(C)=O. The Bertz CT molecular complexity index is 384. The summed E-state index contributed by atoms with van der Waals surface area (Å²) in [5.74, 6) is -1.20. The van der Waals surface area contributed by atoms with Crippen LogP contribution in [0, 0.1) is 0 Å². The molecule has 1 amide bonds. The van der Waals surface area contributed by atoms with Crippen LogP contribution in [0.3, 0.4) is 0 Å². The molecule has 0 radical (unpaired) electrons. The van der Waals surface area contributed by atoms with Crippen molar-refractivity contribution in [3.05, 3.63) is 18.0 Å². The minimum absolute atomic E-state index is 0.144. The maximum absolute atomic E-state index is 11.1. The molecule has 1 atom stereocenters. The van der Waals surface area contributed by atoms with Crippen molar-refractivity contribution in [2.75, 3.05) is 0 Å². The average molecular weight is 239 g/mol. The first-order valence-corrected chi connectivity index (χ1v) is 5.55. The first-order valence-electron chi connectivity index (χ1n) is 5.55. The second kappa shape index (κ2) is 6.03. The molecule has 0 aliphatic carbocycles. The number of hydrogen-bond acceptors (Lipinski definition) is 3. The Morgan fingerprint density at radius 3 is 2.82 bits per heavy atom. The van der Waals surface area contributed by atoms with E-state index in [9.17, 15) is 9.59 Å². The second-order valence-corrected chi connectivity index (χ2v) is 3.83. The number of nitrogens with one attached hydrogen (secondary N) is 1. The molecule has 2 N–H and O–H groups in total. The number of amides is 1. The van der Waals surface area contributed by atoms with Crippen LogP contribution in [0.4, 0.5) is 0 Å². The molecule has 0 saturated heterocycles. The van der Waals surface area contributed by atoms with E-state index in [1.165, 1.54) is 6.92 Å². The van der Waals surface area contributed by atoms with Crippen LogP contribution in [-0.4, -0.2) is 26.8 Å². The van der Waals surface area contributed by atoms with Crippen molar-refractivity contribution in [2.45, 2.75) is 39.3 Å². The van der Waals surface area contributed by atoms with Gasteiger partial charge in [0.1, 0.15) is 0 Å². The van der Waals surface area contributed by atoms with Gasteiger partial charge < -0.3 is 10.4 Å². The quantitative estimate of drug-likeness (QED) is 0.774. The van der Waals surface area contributed by atoms with Crippen LogP contribution in [0.15, 0.2) is 12.3 Å². The minimum Gasteiger partial charge on any atom is -0.481 e. The van der Waals surface area contributed by atoms with E-state index in [0.29, 0.717) is 6.54 Å². The van der Waals surface area contributed by atoms with Crippen LogP contribution in [0.2, 0.25) is 0 Å². The van der Waals surface area contributed by atoms with E-state index in [4.69, 9.17) is 5.11 Å². The van der Waals surface area contributed by atoms with Gasteiger partial charge in [0.2, 0.25) is 5.91 Å². The molecule has 0 saturated carbocycles. The number of nitrogens with zero attached hydrogens (tertiary/aromatic N) is 2. The minimum atomic E-state index is -0.951. The molecule has 0 fully saturated rings. The summed E-state index contributed by atoms with van der Waals surface area (Å²) in [6.07, 6.45) is 2.37. The van der Waals surface area contributed by atoms with Gasteiger partial charge in [-0.15, -0.1) is 0 Å². The lowest BCUT2D eigenvalue weighted by Crippen LogP contribution is -2.30. The summed E-state index contributed by atoms with van der Waals surface area (Å²) in [6.45, 7) is 4.09. The zero-order valence-corrected chi connectivity index (χ0v) is 10.0. The number of carboxylic acid groups (broad SMARTS) is 1. The normalized spacial score (nSPS) is 12.1. The van der Waals surface area contributed by atoms with Crippen LogP contribution < -0.4 is 5.32 Å². The van der Waals surface area contributed by atoms with E-state index in [1.807, 2.05) is 6.92 Å². The van der Waals surface area contributed by atoms with Gasteiger partial charge in [0, 0.05) is 19.7 Å². The Kier molecular flexibility index (Phi) is 4.68. The van der Waals surface area contributed by atoms with Crippen LogP contribution >= 0.6 is 0 Å². The predicted molar refractivity (Wildman–Crippen MR) is 61.3 cm³/mol. The first-order chi connectivity index (χ1) is 8.04. The third kappa shape index (κ3) is 3.90. The fraction of sp³-hybridized carbons (Fsp3) is 0.545. The van der Waals surface area contributed by atoms with Gasteiger partial charge in [0.25, 0.3) is 0 Å². The standard InChI is InChI=1S/C11H17N3O3/c1-3-6-14-10(4-5-12-14)9(7-11(16)17)13-8(2)15/h4-5,9H,3,6-7H2,1-2H3,(H,13,15)(H,16,17). The monoisotopic (exact) mass is 239 g/mol. The molecule has 0 bridgehead atoms. The summed E-state index contributed by atoms with van der Waals surface area (Å²) in [5, 5.41) is 15.6. The number of rotatable bonds is 6. The highest BCUT2D eigenvalue weighted by molar-refractivity contribution is 5.75. The fourth-order valence-electron chi connectivity index (χ4n) is 1.69. The third-order valence-corrected chi connectivity index (χ3v) is 2.30. The van der Waals surface area contributed by atoms with Gasteiger partial charge in [-0.05, 0) is 12.5 Å². The lowest BCUT2D eigenvalue weighted by atomic mass is 10.1. The topological polar surface area (TPSA) is 84.2 Å². The molecule has 1 aromatic rings. The summed E-state index contributed by atoms with van der Waals surface area (Å²) in [7, 11) is 0. The van der Waals surface area contributed by atoms with Crippen molar-refractivity contribution in [3.63, 3.8) is 0 Å². The van der Waals surface area contributed by atoms with Crippen LogP contribution in [-0.2, 0) is 16.1 Å². The smallest absolute Gasteiger partial charge is 0.305 e. The van der Waals surface area contributed by atoms with Crippen molar-refractivity contribution in [3.8, 4) is 0 Å². The number of carbonyl (C=O) groups is 2. The Morgan fingerprint density at radius 1 is 1.59 bits per heavy atom. The number of aromatic nitrogens is 2. The molecule has 1 heterocycles. The van der Waals surface area contributed by atoms with E-state index in [2.05, 4.69) is 10.4 Å². The third-order valence-electron chi connectivity index (χ3n) is 2.30. The summed E-state index contributed by atoms with van der Waals surface area (Å²) in [6, 6.07) is 1.21. The van der Waals surface area contributed by atoms with Crippen molar-refractivity contribution in [2.24, 2.45) is 0 Å². The molecule has 17 heavy (non-hydrogen) atoms. The van der Waals surface area contributed by atoms with E-state index in [-0.39, 0.29) is 12.3 Å². The predicted octanol–water partition coefficient (Wildman–Crippen LogP) is 0.945. The lowest BCUT2D eigenvalue weighted by Gasteiger charge is -2.17. The van der Waals surface area contributed by atoms with Crippen molar-refractivity contribution in [1.29, 1.82) is 0 Å². The summed E-state index contributed by atoms with van der Waals surface area (Å²) in [4.78, 5) is 21.8. The maximum Gasteiger partial charge on any atom is 0.305 e. The summed E-state index contributed by atoms with van der Waals surface area (Å²) < 4.78 is 1.73. The fourth-order valence-corrected chi connectivity index (χ4v) is 1.69. The molecular weight excluding hydrogens is 222 g/mol.